The van der Waals surface area contributed by atoms with Crippen LogP contribution in [0.4, 0.5) is 22.0 Å². The average molecular weight is 654 g/mol. The van der Waals surface area contributed by atoms with Crippen LogP contribution in [0.1, 0.15) is 58.7 Å². The maximum absolute atomic E-state index is 14.6. The summed E-state index contributed by atoms with van der Waals surface area (Å²) in [6.07, 6.45) is -5.27. The predicted molar refractivity (Wildman–Crippen MR) is 153 cm³/mol. The van der Waals surface area contributed by atoms with Crippen molar-refractivity contribution in [2.24, 2.45) is 5.73 Å². The van der Waals surface area contributed by atoms with E-state index in [1.807, 2.05) is 0 Å². The van der Waals surface area contributed by atoms with Gasteiger partial charge in [-0.15, -0.1) is 11.3 Å². The molecule has 10 nitrogen and oxygen atoms in total. The number of pyridine rings is 1. The zero-order valence-corrected chi connectivity index (χ0v) is 24.8. The third-order valence-electron chi connectivity index (χ3n) is 7.17. The third-order valence-corrected chi connectivity index (χ3v) is 8.27. The first kappa shape index (κ1) is 32.1. The smallest absolute Gasteiger partial charge is 0.424 e. The predicted octanol–water partition coefficient (Wildman–Crippen LogP) is 5.05. The van der Waals surface area contributed by atoms with Gasteiger partial charge in [0.2, 0.25) is 11.5 Å². The molecule has 1 saturated carbocycles. The summed E-state index contributed by atoms with van der Waals surface area (Å²) in [5, 5.41) is 18.3. The van der Waals surface area contributed by atoms with Crippen LogP contribution in [0.25, 0.3) is 21.5 Å². The van der Waals surface area contributed by atoms with E-state index in [1.54, 1.807) is 17.8 Å². The van der Waals surface area contributed by atoms with Crippen molar-refractivity contribution in [3.8, 4) is 22.1 Å². The number of nitrogens with zero attached hydrogens (tertiary/aromatic N) is 3. The number of primary amides is 1. The van der Waals surface area contributed by atoms with Gasteiger partial charge in [0.15, 0.2) is 0 Å². The first-order valence-corrected chi connectivity index (χ1v) is 14.5. The van der Waals surface area contributed by atoms with Gasteiger partial charge in [-0.05, 0) is 50.1 Å². The fraction of sp³-hybridized carbons (Fsp3) is 0.379. The summed E-state index contributed by atoms with van der Waals surface area (Å²) in [7, 11) is 1.37. The van der Waals surface area contributed by atoms with Gasteiger partial charge in [-0.3, -0.25) is 14.3 Å². The van der Waals surface area contributed by atoms with Crippen molar-refractivity contribution < 1.29 is 46.1 Å². The minimum absolute atomic E-state index is 0.00187. The van der Waals surface area contributed by atoms with Crippen molar-refractivity contribution >= 4 is 34.1 Å². The molecule has 2 amide bonds. The Hall–Kier alpha value is -4.31. The van der Waals surface area contributed by atoms with Crippen LogP contribution in [0, 0.1) is 0 Å². The highest BCUT2D eigenvalue weighted by Crippen LogP contribution is 2.44. The number of rotatable bonds is 12. The third kappa shape index (κ3) is 6.42. The van der Waals surface area contributed by atoms with E-state index in [0.717, 1.165) is 25.0 Å². The Labute approximate surface area is 256 Å². The second-order valence-corrected chi connectivity index (χ2v) is 11.5. The van der Waals surface area contributed by atoms with Crippen LogP contribution >= 0.6 is 11.3 Å². The number of benzene rings is 1. The molecule has 5 rings (SSSR count). The second kappa shape index (κ2) is 12.2. The summed E-state index contributed by atoms with van der Waals surface area (Å²) in [5.41, 5.74) is 0.514. The molecule has 0 bridgehead atoms. The molecule has 0 unspecified atom stereocenters. The van der Waals surface area contributed by atoms with Gasteiger partial charge in [0.05, 0.1) is 48.2 Å². The molecule has 4 aromatic rings. The Bertz CT molecular complexity index is 1750. The summed E-state index contributed by atoms with van der Waals surface area (Å²) in [6, 6.07) is 6.10. The monoisotopic (exact) mass is 653 g/mol. The summed E-state index contributed by atoms with van der Waals surface area (Å²) in [4.78, 5) is 28.7. The lowest BCUT2D eigenvalue weighted by atomic mass is 9.94. The Morgan fingerprint density at radius 3 is 2.53 bits per heavy atom. The van der Waals surface area contributed by atoms with E-state index in [0.29, 0.717) is 22.2 Å². The van der Waals surface area contributed by atoms with Crippen LogP contribution in [0.15, 0.2) is 36.5 Å². The van der Waals surface area contributed by atoms with Gasteiger partial charge in [0.25, 0.3) is 12.3 Å². The number of carbonyl (C=O) groups excluding carboxylic acids is 2. The van der Waals surface area contributed by atoms with Crippen molar-refractivity contribution in [3.05, 3.63) is 58.2 Å². The average Bonchev–Trinajstić information content (AvgIpc) is 3.54. The Morgan fingerprint density at radius 2 is 1.96 bits per heavy atom. The summed E-state index contributed by atoms with van der Waals surface area (Å²) in [6.45, 7) is 0.162. The Morgan fingerprint density at radius 1 is 1.22 bits per heavy atom. The minimum Gasteiger partial charge on any atom is -0.494 e. The Kier molecular flexibility index (Phi) is 8.72. The number of ether oxygens (including phenoxy) is 2. The number of amides is 2. The van der Waals surface area contributed by atoms with Crippen LogP contribution < -0.4 is 20.5 Å². The molecule has 1 aliphatic carbocycles. The lowest BCUT2D eigenvalue weighted by molar-refractivity contribution is -0.265. The molecule has 16 heteroatoms. The number of halogens is 5. The highest BCUT2D eigenvalue weighted by molar-refractivity contribution is 7.15. The van der Waals surface area contributed by atoms with Gasteiger partial charge >= 0.3 is 6.18 Å². The van der Waals surface area contributed by atoms with E-state index in [2.05, 4.69) is 15.4 Å². The van der Waals surface area contributed by atoms with Crippen LogP contribution in [-0.4, -0.2) is 58.1 Å². The Balaban J connectivity index is 1.55. The van der Waals surface area contributed by atoms with E-state index in [4.69, 9.17) is 15.2 Å². The lowest BCUT2D eigenvalue weighted by Gasteiger charge is -2.31. The van der Waals surface area contributed by atoms with Crippen LogP contribution in [0.2, 0.25) is 0 Å². The van der Waals surface area contributed by atoms with Gasteiger partial charge in [0.1, 0.15) is 22.7 Å². The number of fused-ring (bicyclic) bond motifs is 1. The summed E-state index contributed by atoms with van der Waals surface area (Å²) >= 11 is 0.556. The molecule has 1 fully saturated rings. The fourth-order valence-electron chi connectivity index (χ4n) is 4.77. The van der Waals surface area contributed by atoms with Crippen molar-refractivity contribution in [1.29, 1.82) is 0 Å². The molecule has 0 saturated heterocycles. The summed E-state index contributed by atoms with van der Waals surface area (Å²) < 4.78 is 83.4. The van der Waals surface area contributed by atoms with Crippen molar-refractivity contribution in [3.63, 3.8) is 0 Å². The SMILES string of the molecule is CCOc1c(CC(N)=O)cc([C@@](O)(CNC(=O)c2cc(OC)c3nn(C4CC4)cc3c2)C(F)(F)F)nc1-c1ccc(C(F)F)s1. The van der Waals surface area contributed by atoms with Gasteiger partial charge in [-0.1, -0.05) is 0 Å². The quantitative estimate of drug-likeness (QED) is 0.182. The molecule has 3 heterocycles. The molecule has 1 atom stereocenters. The van der Waals surface area contributed by atoms with Crippen LogP contribution in [0.5, 0.6) is 11.5 Å². The number of hydrogen-bond acceptors (Lipinski definition) is 8. The molecule has 4 N–H and O–H groups in total. The molecule has 1 aliphatic rings. The first-order chi connectivity index (χ1) is 21.2. The zero-order chi connectivity index (χ0) is 32.7. The minimum atomic E-state index is -5.40. The number of alkyl halides is 5. The van der Waals surface area contributed by atoms with Crippen LogP contribution in [0.3, 0.4) is 0 Å². The van der Waals surface area contributed by atoms with Gasteiger partial charge in [-0.25, -0.2) is 13.8 Å². The first-order valence-electron chi connectivity index (χ1n) is 13.7. The normalized spacial score (nSPS) is 14.9. The lowest BCUT2D eigenvalue weighted by Crippen LogP contribution is -2.51. The van der Waals surface area contributed by atoms with E-state index in [-0.39, 0.29) is 50.7 Å². The van der Waals surface area contributed by atoms with E-state index in [1.165, 1.54) is 25.3 Å². The van der Waals surface area contributed by atoms with E-state index >= 15 is 0 Å². The van der Waals surface area contributed by atoms with Crippen LogP contribution in [-0.2, 0) is 16.8 Å². The highest BCUT2D eigenvalue weighted by atomic mass is 32.1. The van der Waals surface area contributed by atoms with Crippen molar-refractivity contribution in [2.45, 2.75) is 50.4 Å². The fourth-order valence-corrected chi connectivity index (χ4v) is 5.62. The molecule has 0 radical (unpaired) electrons. The number of nitrogens with two attached hydrogens (primary N) is 1. The number of thiophene rings is 1. The number of carbonyl (C=O) groups is 2. The largest absolute Gasteiger partial charge is 0.494 e. The standard InChI is InChI=1S/C29H28F5N5O5S/c1-3-44-25-14(11-22(35)40)10-21(37-24(25)19-6-7-20(45-19)26(30)31)28(42,29(32,33)34)13-36-27(41)15-8-16-12-39(17-4-5-17)38-23(16)18(9-15)43-2/h6-10,12,17,26,42H,3-5,11,13H2,1-2H3,(H2,35,40)(H,36,41)/t28-/m0/s1. The number of hydrogen-bond donors (Lipinski definition) is 3. The maximum Gasteiger partial charge on any atom is 0.424 e. The number of aromatic nitrogens is 3. The molecule has 0 spiro atoms. The second-order valence-electron chi connectivity index (χ2n) is 10.4. The highest BCUT2D eigenvalue weighted by Gasteiger charge is 2.57. The molecule has 45 heavy (non-hydrogen) atoms. The van der Waals surface area contributed by atoms with Gasteiger partial charge in [0, 0.05) is 22.7 Å². The number of aliphatic hydroxyl groups is 1. The molecular formula is C29H28F5N5O5S. The van der Waals surface area contributed by atoms with E-state index in [9.17, 15) is 36.6 Å². The zero-order valence-electron chi connectivity index (χ0n) is 24.0. The molecule has 0 aliphatic heterocycles. The van der Waals surface area contributed by atoms with E-state index < -0.39 is 48.7 Å². The van der Waals surface area contributed by atoms with Crippen molar-refractivity contribution in [2.75, 3.05) is 20.3 Å². The summed E-state index contributed by atoms with van der Waals surface area (Å²) in [5.74, 6) is -1.81. The molecule has 240 valence electrons. The van der Waals surface area contributed by atoms with Crippen molar-refractivity contribution in [1.82, 2.24) is 20.1 Å². The van der Waals surface area contributed by atoms with Gasteiger partial charge < -0.3 is 25.6 Å². The number of methoxy groups -OCH3 is 1. The molecule has 1 aromatic carbocycles. The topological polar surface area (TPSA) is 142 Å². The van der Waals surface area contributed by atoms with Gasteiger partial charge in [-0.2, -0.15) is 18.3 Å². The molecule has 3 aromatic heterocycles. The maximum atomic E-state index is 14.6. The molecular weight excluding hydrogens is 625 g/mol. The number of nitrogens with one attached hydrogen (secondary N) is 1.